The molecule has 0 aliphatic rings. The molecule has 0 atom stereocenters. The fourth-order valence-electron chi connectivity index (χ4n) is 1.86. The third-order valence-corrected chi connectivity index (χ3v) is 6.32. The fourth-order valence-corrected chi connectivity index (χ4v) is 5.10. The normalized spacial score (nSPS) is 12.2. The summed E-state index contributed by atoms with van der Waals surface area (Å²) in [6.45, 7) is 0. The van der Waals surface area contributed by atoms with Gasteiger partial charge >= 0.3 is 0 Å². The van der Waals surface area contributed by atoms with E-state index in [1.165, 1.54) is 12.4 Å². The molecule has 22 heavy (non-hydrogen) atoms. The number of aryl methyl sites for hydroxylation is 1. The number of hydrogen-bond donors (Lipinski definition) is 1. The van der Waals surface area contributed by atoms with E-state index in [9.17, 15) is 16.8 Å². The Morgan fingerprint density at radius 3 is 2.18 bits per heavy atom. The quantitative estimate of drug-likeness (QED) is 0.814. The van der Waals surface area contributed by atoms with Crippen LogP contribution in [0.25, 0.3) is 0 Å². The van der Waals surface area contributed by atoms with Gasteiger partial charge in [0.15, 0.2) is 0 Å². The van der Waals surface area contributed by atoms with Gasteiger partial charge in [-0.25, -0.2) is 16.8 Å². The van der Waals surface area contributed by atoms with Crippen LogP contribution in [0.15, 0.2) is 54.9 Å². The first-order valence-electron chi connectivity index (χ1n) is 6.53. The van der Waals surface area contributed by atoms with Crippen molar-refractivity contribution in [3.63, 3.8) is 0 Å². The van der Waals surface area contributed by atoms with E-state index >= 15 is 0 Å². The lowest BCUT2D eigenvalue weighted by Gasteiger charge is -2.08. The van der Waals surface area contributed by atoms with Crippen LogP contribution >= 0.6 is 0 Å². The second-order valence-electron chi connectivity index (χ2n) is 4.76. The second-order valence-corrected chi connectivity index (χ2v) is 8.58. The Labute approximate surface area is 130 Å². The van der Waals surface area contributed by atoms with Crippen molar-refractivity contribution >= 4 is 20.0 Å². The average Bonchev–Trinajstić information content (AvgIpc) is 2.46. The van der Waals surface area contributed by atoms with E-state index in [1.54, 1.807) is 40.5 Å². The molecule has 0 aliphatic carbocycles. The van der Waals surface area contributed by atoms with Gasteiger partial charge in [0.1, 0.15) is 0 Å². The van der Waals surface area contributed by atoms with Crippen LogP contribution in [0, 0.1) is 0 Å². The largest absolute Gasteiger partial charge is 0.264 e. The molecular weight excluding hydrogens is 324 g/mol. The minimum absolute atomic E-state index is 0.249. The van der Waals surface area contributed by atoms with Crippen molar-refractivity contribution < 1.29 is 16.8 Å². The number of pyridine rings is 1. The zero-order chi connectivity index (χ0) is 16.1. The number of aromatic nitrogens is 1. The van der Waals surface area contributed by atoms with Crippen molar-refractivity contribution in [3.05, 3.63) is 66.0 Å². The molecule has 0 saturated carbocycles. The number of nitrogens with one attached hydrogen (secondary N) is 1. The van der Waals surface area contributed by atoms with Gasteiger partial charge in [0.25, 0.3) is 0 Å². The molecule has 8 heteroatoms. The molecule has 2 rings (SSSR count). The third-order valence-electron chi connectivity index (χ3n) is 2.84. The predicted octanol–water partition coefficient (Wildman–Crippen LogP) is 1.07. The van der Waals surface area contributed by atoms with Gasteiger partial charge in [-0.05, 0) is 23.6 Å². The minimum atomic E-state index is -3.97. The average molecular weight is 340 g/mol. The Morgan fingerprint density at radius 1 is 0.864 bits per heavy atom. The van der Waals surface area contributed by atoms with Gasteiger partial charge in [0.2, 0.25) is 20.0 Å². The lowest BCUT2D eigenvalue weighted by molar-refractivity contribution is 0.576. The van der Waals surface area contributed by atoms with Crippen molar-refractivity contribution in [2.45, 2.75) is 12.2 Å². The van der Waals surface area contributed by atoms with Crippen LogP contribution in [0.2, 0.25) is 0 Å². The first-order chi connectivity index (χ1) is 10.4. The smallest absolute Gasteiger partial charge is 0.228 e. The summed E-state index contributed by atoms with van der Waals surface area (Å²) in [4.78, 5) is 3.80. The van der Waals surface area contributed by atoms with Gasteiger partial charge in [0.05, 0.1) is 11.5 Å². The van der Waals surface area contributed by atoms with Gasteiger partial charge in [-0.15, -0.1) is 4.13 Å². The first kappa shape index (κ1) is 16.6. The van der Waals surface area contributed by atoms with Crippen molar-refractivity contribution in [2.24, 2.45) is 0 Å². The number of benzene rings is 1. The van der Waals surface area contributed by atoms with Gasteiger partial charge in [-0.2, -0.15) is 0 Å². The zero-order valence-corrected chi connectivity index (χ0v) is 13.3. The van der Waals surface area contributed by atoms with E-state index in [-0.39, 0.29) is 12.2 Å². The summed E-state index contributed by atoms with van der Waals surface area (Å²) in [6, 6.07) is 12.2. The summed E-state index contributed by atoms with van der Waals surface area (Å²) in [7, 11) is -7.89. The van der Waals surface area contributed by atoms with Crippen LogP contribution < -0.4 is 4.13 Å². The minimum Gasteiger partial charge on any atom is -0.264 e. The Bertz CT molecular complexity index is 804. The molecule has 0 saturated heterocycles. The Morgan fingerprint density at radius 2 is 1.55 bits per heavy atom. The Balaban J connectivity index is 1.98. The number of sulfonamides is 2. The van der Waals surface area contributed by atoms with E-state index in [4.69, 9.17) is 0 Å². The topological polar surface area (TPSA) is 93.2 Å². The van der Waals surface area contributed by atoms with Crippen LogP contribution in [0.5, 0.6) is 0 Å². The molecule has 6 nitrogen and oxygen atoms in total. The van der Waals surface area contributed by atoms with Crippen molar-refractivity contribution in [1.29, 1.82) is 0 Å². The van der Waals surface area contributed by atoms with Crippen LogP contribution in [0.3, 0.4) is 0 Å². The highest BCUT2D eigenvalue weighted by Crippen LogP contribution is 2.06. The van der Waals surface area contributed by atoms with Crippen molar-refractivity contribution in [3.8, 4) is 0 Å². The van der Waals surface area contributed by atoms with E-state index in [0.717, 1.165) is 5.56 Å². The summed E-state index contributed by atoms with van der Waals surface area (Å²) in [5.74, 6) is -0.714. The maximum Gasteiger partial charge on any atom is 0.228 e. The van der Waals surface area contributed by atoms with Gasteiger partial charge in [0, 0.05) is 12.4 Å². The molecule has 0 unspecified atom stereocenters. The van der Waals surface area contributed by atoms with E-state index in [2.05, 4.69) is 4.98 Å². The van der Waals surface area contributed by atoms with Crippen LogP contribution in [-0.4, -0.2) is 27.6 Å². The Kier molecular flexibility index (Phi) is 5.28. The predicted molar refractivity (Wildman–Crippen MR) is 83.9 cm³/mol. The van der Waals surface area contributed by atoms with Gasteiger partial charge in [-0.1, -0.05) is 36.4 Å². The van der Waals surface area contributed by atoms with E-state index in [1.807, 2.05) is 6.07 Å². The van der Waals surface area contributed by atoms with Crippen LogP contribution in [0.1, 0.15) is 11.1 Å². The summed E-state index contributed by atoms with van der Waals surface area (Å²) in [6.07, 6.45) is 3.15. The molecule has 1 aromatic carbocycles. The van der Waals surface area contributed by atoms with Gasteiger partial charge in [-0.3, -0.25) is 4.98 Å². The molecule has 118 valence electrons. The summed E-state index contributed by atoms with van der Waals surface area (Å²) in [5.41, 5.74) is 1.26. The van der Waals surface area contributed by atoms with Crippen molar-refractivity contribution in [2.75, 3.05) is 5.75 Å². The lowest BCUT2D eigenvalue weighted by atomic mass is 10.2. The van der Waals surface area contributed by atoms with E-state index < -0.39 is 25.8 Å². The summed E-state index contributed by atoms with van der Waals surface area (Å²) < 4.78 is 49.4. The molecule has 1 heterocycles. The molecular formula is C14H16N2O4S2. The monoisotopic (exact) mass is 340 g/mol. The zero-order valence-electron chi connectivity index (χ0n) is 11.7. The molecule has 0 radical (unpaired) electrons. The number of rotatable bonds is 7. The molecule has 0 fully saturated rings. The fraction of sp³-hybridized carbons (Fsp3) is 0.214. The highest BCUT2D eigenvalue weighted by Gasteiger charge is 2.21. The van der Waals surface area contributed by atoms with Gasteiger partial charge < -0.3 is 0 Å². The summed E-state index contributed by atoms with van der Waals surface area (Å²) >= 11 is 0. The highest BCUT2D eigenvalue weighted by molar-refractivity contribution is 8.04. The molecule has 2 aromatic rings. The number of nitrogens with zero attached hydrogens (tertiary/aromatic N) is 1. The maximum atomic E-state index is 11.9. The molecule has 0 aliphatic heterocycles. The SMILES string of the molecule is O=S(=O)(CCc1ccccc1)NS(=O)(=O)Cc1cccnc1. The highest BCUT2D eigenvalue weighted by atomic mass is 32.3. The summed E-state index contributed by atoms with van der Waals surface area (Å²) in [5, 5.41) is 0. The molecule has 0 spiro atoms. The molecule has 1 N–H and O–H groups in total. The standard InChI is InChI=1S/C14H16N2O4S2/c17-21(18,10-8-13-5-2-1-3-6-13)16-22(19,20)12-14-7-4-9-15-11-14/h1-7,9,11,16H,8,10,12H2. The lowest BCUT2D eigenvalue weighted by Crippen LogP contribution is -2.34. The molecule has 0 bridgehead atoms. The number of hydrogen-bond acceptors (Lipinski definition) is 5. The van der Waals surface area contributed by atoms with Crippen LogP contribution in [-0.2, 0) is 32.2 Å². The Hall–Kier alpha value is -1.77. The van der Waals surface area contributed by atoms with Crippen LogP contribution in [0.4, 0.5) is 0 Å². The van der Waals surface area contributed by atoms with Crippen molar-refractivity contribution in [1.82, 2.24) is 9.11 Å². The first-order valence-corrected chi connectivity index (χ1v) is 9.84. The third kappa shape index (κ3) is 5.55. The maximum absolute atomic E-state index is 11.9. The molecule has 1 aromatic heterocycles. The second kappa shape index (κ2) is 6.99. The van der Waals surface area contributed by atoms with E-state index in [0.29, 0.717) is 5.56 Å². The molecule has 0 amide bonds.